The van der Waals surface area contributed by atoms with Gasteiger partial charge in [-0.1, -0.05) is 0 Å². The Hall–Kier alpha value is -0.480. The van der Waals surface area contributed by atoms with Gasteiger partial charge < -0.3 is 18.6 Å². The fraction of sp³-hybridized carbons (Fsp3) is 0.727. The molecule has 98 valence electrons. The molecule has 0 aliphatic rings. The molecular weight excluding hydrogens is 239 g/mol. The molecule has 0 saturated carbocycles. The van der Waals surface area contributed by atoms with Gasteiger partial charge in [-0.2, -0.15) is 0 Å². The molecule has 0 spiro atoms. The van der Waals surface area contributed by atoms with Crippen molar-refractivity contribution < 1.29 is 13.6 Å². The third-order valence-electron chi connectivity index (χ3n) is 1.83. The van der Waals surface area contributed by atoms with Gasteiger partial charge in [0.1, 0.15) is 5.82 Å². The van der Waals surface area contributed by atoms with Crippen molar-refractivity contribution in [2.45, 2.75) is 46.3 Å². The lowest BCUT2D eigenvalue weighted by Crippen LogP contribution is -2.13. The number of rotatable bonds is 8. The second-order valence-corrected chi connectivity index (χ2v) is 5.08. The average molecular weight is 260 g/mol. The van der Waals surface area contributed by atoms with Crippen molar-refractivity contribution in [3.05, 3.63) is 18.2 Å². The van der Waals surface area contributed by atoms with E-state index in [1.807, 2.05) is 27.7 Å². The van der Waals surface area contributed by atoms with Crippen LogP contribution < -0.4 is 0 Å². The average Bonchev–Trinajstić information content (AvgIpc) is 2.69. The molecule has 2 atom stereocenters. The maximum absolute atomic E-state index is 5.74. The summed E-state index contributed by atoms with van der Waals surface area (Å²) in [4.78, 5) is 7.21. The number of aromatic nitrogens is 2. The number of imidazole rings is 1. The normalized spacial score (nSPS) is 15.1. The van der Waals surface area contributed by atoms with Crippen LogP contribution in [0.15, 0.2) is 12.4 Å². The summed E-state index contributed by atoms with van der Waals surface area (Å²) in [7, 11) is -1.26. The zero-order valence-electron chi connectivity index (χ0n) is 10.8. The molecule has 0 radical (unpaired) electrons. The van der Waals surface area contributed by atoms with Crippen LogP contribution in [0.4, 0.5) is 0 Å². The fourth-order valence-electron chi connectivity index (χ4n) is 1.23. The Morgan fingerprint density at radius 1 is 1.35 bits per heavy atom. The van der Waals surface area contributed by atoms with Crippen molar-refractivity contribution in [1.29, 1.82) is 0 Å². The second kappa shape index (κ2) is 7.77. The zero-order chi connectivity index (χ0) is 12.7. The largest absolute Gasteiger partial charge is 0.349 e. The zero-order valence-corrected chi connectivity index (χ0v) is 11.7. The fourth-order valence-corrected chi connectivity index (χ4v) is 2.32. The van der Waals surface area contributed by atoms with Gasteiger partial charge >= 0.3 is 8.60 Å². The molecule has 2 unspecified atom stereocenters. The van der Waals surface area contributed by atoms with Crippen molar-refractivity contribution in [3.8, 4) is 0 Å². The summed E-state index contributed by atoms with van der Waals surface area (Å²) in [5.74, 6) is 0.911. The van der Waals surface area contributed by atoms with Gasteiger partial charge in [0.15, 0.2) is 0 Å². The standard InChI is InChI=1S/C11H21N2O3P/c1-5-14-17(15-9(2)3)16-10(4)8-11-12-6-7-13-11/h6-7,9-10H,5,8H2,1-4H3,(H,12,13). The Balaban J connectivity index is 2.37. The van der Waals surface area contributed by atoms with Crippen molar-refractivity contribution in [1.82, 2.24) is 9.97 Å². The number of aromatic amines is 1. The molecule has 6 heteroatoms. The molecule has 1 N–H and O–H groups in total. The van der Waals surface area contributed by atoms with Crippen LogP contribution in [0, 0.1) is 0 Å². The first-order valence-electron chi connectivity index (χ1n) is 5.86. The molecule has 1 heterocycles. The summed E-state index contributed by atoms with van der Waals surface area (Å²) in [6, 6.07) is 0. The van der Waals surface area contributed by atoms with Crippen molar-refractivity contribution in [2.24, 2.45) is 0 Å². The Bertz CT molecular complexity index is 293. The SMILES string of the molecule is CCOP(OC(C)C)OC(C)Cc1ncc[nH]1. The third-order valence-corrected chi connectivity index (χ3v) is 3.43. The third kappa shape index (κ3) is 6.13. The van der Waals surface area contributed by atoms with Crippen LogP contribution >= 0.6 is 8.60 Å². The van der Waals surface area contributed by atoms with Gasteiger partial charge in [0.25, 0.3) is 0 Å². The molecule has 1 rings (SSSR count). The summed E-state index contributed by atoms with van der Waals surface area (Å²) in [6.07, 6.45) is 4.37. The minimum absolute atomic E-state index is 0.0116. The van der Waals surface area contributed by atoms with E-state index in [0.717, 1.165) is 12.2 Å². The first kappa shape index (κ1) is 14.6. The van der Waals surface area contributed by atoms with Gasteiger partial charge in [-0.05, 0) is 27.7 Å². The summed E-state index contributed by atoms with van der Waals surface area (Å²) < 4.78 is 16.7. The van der Waals surface area contributed by atoms with Crippen molar-refractivity contribution in [3.63, 3.8) is 0 Å². The van der Waals surface area contributed by atoms with Crippen LogP contribution in [0.5, 0.6) is 0 Å². The minimum atomic E-state index is -1.26. The van der Waals surface area contributed by atoms with Crippen LogP contribution in [-0.4, -0.2) is 28.8 Å². The van der Waals surface area contributed by atoms with Gasteiger partial charge in [0.2, 0.25) is 0 Å². The van der Waals surface area contributed by atoms with E-state index in [4.69, 9.17) is 13.6 Å². The lowest BCUT2D eigenvalue weighted by Gasteiger charge is -2.21. The van der Waals surface area contributed by atoms with E-state index in [9.17, 15) is 0 Å². The Kier molecular flexibility index (Phi) is 6.66. The molecule has 0 aromatic carbocycles. The Morgan fingerprint density at radius 2 is 2.12 bits per heavy atom. The van der Waals surface area contributed by atoms with E-state index in [-0.39, 0.29) is 12.2 Å². The molecule has 0 fully saturated rings. The number of nitrogens with zero attached hydrogens (tertiary/aromatic N) is 1. The highest BCUT2D eigenvalue weighted by molar-refractivity contribution is 7.41. The number of H-pyrrole nitrogens is 1. The molecule has 0 aliphatic carbocycles. The molecule has 0 aliphatic heterocycles. The highest BCUT2D eigenvalue weighted by atomic mass is 31.2. The quantitative estimate of drug-likeness (QED) is 0.730. The molecule has 0 saturated heterocycles. The van der Waals surface area contributed by atoms with E-state index in [1.54, 1.807) is 12.4 Å². The van der Waals surface area contributed by atoms with Gasteiger partial charge in [0, 0.05) is 18.8 Å². The highest BCUT2D eigenvalue weighted by Gasteiger charge is 2.18. The summed E-state index contributed by atoms with van der Waals surface area (Å²) in [5.41, 5.74) is 0. The van der Waals surface area contributed by atoms with E-state index < -0.39 is 8.60 Å². The molecule has 0 amide bonds. The lowest BCUT2D eigenvalue weighted by molar-refractivity contribution is 0.108. The highest BCUT2D eigenvalue weighted by Crippen LogP contribution is 2.42. The van der Waals surface area contributed by atoms with Gasteiger partial charge in [-0.3, -0.25) is 0 Å². The number of nitrogens with one attached hydrogen (secondary N) is 1. The second-order valence-electron chi connectivity index (χ2n) is 3.95. The summed E-state index contributed by atoms with van der Waals surface area (Å²) in [5, 5.41) is 0. The molecule has 1 aromatic rings. The van der Waals surface area contributed by atoms with Crippen LogP contribution in [0.1, 0.15) is 33.5 Å². The van der Waals surface area contributed by atoms with Crippen LogP contribution in [0.25, 0.3) is 0 Å². The summed E-state index contributed by atoms with van der Waals surface area (Å²) >= 11 is 0. The van der Waals surface area contributed by atoms with Gasteiger partial charge in [-0.25, -0.2) is 4.98 Å². The Labute approximate surface area is 104 Å². The maximum Gasteiger partial charge on any atom is 0.333 e. The first-order valence-corrected chi connectivity index (χ1v) is 6.96. The van der Waals surface area contributed by atoms with Crippen LogP contribution in [0.2, 0.25) is 0 Å². The molecule has 0 bridgehead atoms. The van der Waals surface area contributed by atoms with Crippen LogP contribution in [-0.2, 0) is 20.0 Å². The predicted molar refractivity (Wildman–Crippen MR) is 67.6 cm³/mol. The molecule has 5 nitrogen and oxygen atoms in total. The van der Waals surface area contributed by atoms with Crippen molar-refractivity contribution in [2.75, 3.05) is 6.61 Å². The lowest BCUT2D eigenvalue weighted by atomic mass is 10.3. The molecule has 1 aromatic heterocycles. The van der Waals surface area contributed by atoms with Gasteiger partial charge in [0.05, 0.1) is 18.8 Å². The maximum atomic E-state index is 5.74. The molecular formula is C11H21N2O3P. The van der Waals surface area contributed by atoms with E-state index in [0.29, 0.717) is 6.61 Å². The molecule has 17 heavy (non-hydrogen) atoms. The predicted octanol–water partition coefficient (Wildman–Crippen LogP) is 3.05. The van der Waals surface area contributed by atoms with E-state index in [2.05, 4.69) is 9.97 Å². The Morgan fingerprint density at radius 3 is 2.65 bits per heavy atom. The van der Waals surface area contributed by atoms with Crippen LogP contribution in [0.3, 0.4) is 0 Å². The van der Waals surface area contributed by atoms with Gasteiger partial charge in [-0.15, -0.1) is 0 Å². The topological polar surface area (TPSA) is 56.4 Å². The monoisotopic (exact) mass is 260 g/mol. The smallest absolute Gasteiger partial charge is 0.333 e. The summed E-state index contributed by atoms with van der Waals surface area (Å²) in [6.45, 7) is 8.44. The van der Waals surface area contributed by atoms with Crippen molar-refractivity contribution >= 4 is 8.60 Å². The number of hydrogen-bond donors (Lipinski definition) is 1. The first-order chi connectivity index (χ1) is 8.11. The number of hydrogen-bond acceptors (Lipinski definition) is 4. The minimum Gasteiger partial charge on any atom is -0.349 e. The van der Waals surface area contributed by atoms with E-state index >= 15 is 0 Å². The van der Waals surface area contributed by atoms with E-state index in [1.165, 1.54) is 0 Å².